The molecule has 4 fully saturated rings. The second-order valence-electron chi connectivity index (χ2n) is 9.66. The molecule has 1 N–H and O–H groups in total. The van der Waals surface area contributed by atoms with E-state index in [1.54, 1.807) is 16.8 Å². The molecule has 4 aliphatic carbocycles. The molecule has 6 heteroatoms. The van der Waals surface area contributed by atoms with Crippen molar-refractivity contribution in [2.24, 2.45) is 17.3 Å². The molecular formula is C23H27BrFN3O. The zero-order chi connectivity index (χ0) is 20.4. The van der Waals surface area contributed by atoms with E-state index in [0.717, 1.165) is 36.2 Å². The first-order chi connectivity index (χ1) is 13.8. The maximum Gasteiger partial charge on any atom is 0.226 e. The predicted octanol–water partition coefficient (Wildman–Crippen LogP) is 5.23. The number of halogens is 2. The highest BCUT2D eigenvalue weighted by atomic mass is 79.9. The summed E-state index contributed by atoms with van der Waals surface area (Å²) >= 11 is 4.00. The van der Waals surface area contributed by atoms with Crippen molar-refractivity contribution >= 4 is 21.8 Å². The van der Waals surface area contributed by atoms with Gasteiger partial charge in [-0.1, -0.05) is 15.9 Å². The monoisotopic (exact) mass is 459 g/mol. The quantitative estimate of drug-likeness (QED) is 0.636. The number of carbonyl (C=O) groups excluding carboxylic acids is 1. The van der Waals surface area contributed by atoms with Gasteiger partial charge in [0.05, 0.1) is 23.3 Å². The van der Waals surface area contributed by atoms with Gasteiger partial charge >= 0.3 is 0 Å². The van der Waals surface area contributed by atoms with Crippen molar-refractivity contribution in [1.29, 1.82) is 0 Å². The van der Waals surface area contributed by atoms with Crippen LogP contribution in [0.15, 0.2) is 30.5 Å². The Morgan fingerprint density at radius 3 is 2.52 bits per heavy atom. The Balaban J connectivity index is 1.35. The summed E-state index contributed by atoms with van der Waals surface area (Å²) in [6.45, 7) is 4.02. The summed E-state index contributed by atoms with van der Waals surface area (Å²) in [4.78, 5) is 13.4. The minimum absolute atomic E-state index is 0.115. The van der Waals surface area contributed by atoms with Gasteiger partial charge in [-0.15, -0.1) is 0 Å². The van der Waals surface area contributed by atoms with Gasteiger partial charge in [0.2, 0.25) is 5.91 Å². The molecule has 4 nitrogen and oxygen atoms in total. The van der Waals surface area contributed by atoms with Crippen molar-refractivity contribution in [2.75, 3.05) is 0 Å². The number of nitrogens with one attached hydrogen (secondary N) is 1. The van der Waals surface area contributed by atoms with E-state index in [-0.39, 0.29) is 27.5 Å². The molecule has 4 bridgehead atoms. The van der Waals surface area contributed by atoms with Crippen molar-refractivity contribution < 1.29 is 9.18 Å². The van der Waals surface area contributed by atoms with Gasteiger partial charge in [-0.3, -0.25) is 4.79 Å². The normalized spacial score (nSPS) is 33.7. The number of amides is 1. The van der Waals surface area contributed by atoms with Gasteiger partial charge in [0.25, 0.3) is 0 Å². The van der Waals surface area contributed by atoms with Crippen LogP contribution in [0, 0.1) is 30.0 Å². The van der Waals surface area contributed by atoms with Crippen LogP contribution in [0.2, 0.25) is 0 Å². The van der Waals surface area contributed by atoms with Gasteiger partial charge in [-0.05, 0) is 88.5 Å². The van der Waals surface area contributed by atoms with Crippen LogP contribution >= 0.6 is 15.9 Å². The molecule has 1 heterocycles. The summed E-state index contributed by atoms with van der Waals surface area (Å²) in [6.07, 6.45) is 8.57. The Kier molecular flexibility index (Phi) is 4.43. The first kappa shape index (κ1) is 19.3. The number of aromatic nitrogens is 2. The van der Waals surface area contributed by atoms with Crippen LogP contribution in [0.5, 0.6) is 0 Å². The first-order valence-electron chi connectivity index (χ1n) is 10.6. The average molecular weight is 460 g/mol. The van der Waals surface area contributed by atoms with Gasteiger partial charge in [0, 0.05) is 15.6 Å². The molecule has 3 unspecified atom stereocenters. The number of hydrogen-bond acceptors (Lipinski definition) is 2. The fraction of sp³-hybridized carbons (Fsp3) is 0.565. The molecule has 154 valence electrons. The third-order valence-corrected chi connectivity index (χ3v) is 8.33. The Hall–Kier alpha value is -1.69. The number of rotatable bonds is 4. The van der Waals surface area contributed by atoms with E-state index in [1.807, 2.05) is 20.0 Å². The summed E-state index contributed by atoms with van der Waals surface area (Å²) in [5.74, 6) is 1.30. The van der Waals surface area contributed by atoms with Crippen LogP contribution in [0.3, 0.4) is 0 Å². The molecule has 2 aromatic rings. The number of carbonyl (C=O) groups is 1. The van der Waals surface area contributed by atoms with Crippen LogP contribution in [-0.2, 0) is 4.79 Å². The van der Waals surface area contributed by atoms with Crippen LogP contribution in [0.25, 0.3) is 5.69 Å². The molecular weight excluding hydrogens is 433 g/mol. The molecule has 3 atom stereocenters. The van der Waals surface area contributed by atoms with Gasteiger partial charge in [0.15, 0.2) is 0 Å². The molecule has 0 spiro atoms. The minimum Gasteiger partial charge on any atom is -0.349 e. The standard InChI is InChI=1S/C23H27BrFN3O/c1-14(20-12-26-28(15(20)2)19-5-3-18(25)4-6-19)27-21(29)22-8-16-7-17(9-22)11-23(24,10-16)13-22/h3-6,12,14,16-17H,7-11,13H2,1-2H3,(H,27,29). The lowest BCUT2D eigenvalue weighted by Gasteiger charge is -2.59. The lowest BCUT2D eigenvalue weighted by atomic mass is 9.49. The lowest BCUT2D eigenvalue weighted by Crippen LogP contribution is -2.58. The maximum atomic E-state index is 13.4. The lowest BCUT2D eigenvalue weighted by molar-refractivity contribution is -0.144. The molecule has 1 amide bonds. The first-order valence-corrected chi connectivity index (χ1v) is 11.4. The van der Waals surface area contributed by atoms with E-state index < -0.39 is 0 Å². The summed E-state index contributed by atoms with van der Waals surface area (Å²) in [7, 11) is 0. The van der Waals surface area contributed by atoms with Crippen molar-refractivity contribution in [3.05, 3.63) is 47.5 Å². The fourth-order valence-electron chi connectivity index (χ4n) is 6.53. The zero-order valence-corrected chi connectivity index (χ0v) is 18.5. The van der Waals surface area contributed by atoms with Gasteiger partial charge in [-0.2, -0.15) is 5.10 Å². The summed E-state index contributed by atoms with van der Waals surface area (Å²) < 4.78 is 15.2. The topological polar surface area (TPSA) is 46.9 Å². The third-order valence-electron chi connectivity index (χ3n) is 7.40. The zero-order valence-electron chi connectivity index (χ0n) is 16.9. The molecule has 1 aromatic carbocycles. The van der Waals surface area contributed by atoms with Crippen LogP contribution in [0.1, 0.15) is 62.7 Å². The van der Waals surface area contributed by atoms with E-state index in [1.165, 1.54) is 31.4 Å². The summed E-state index contributed by atoms with van der Waals surface area (Å²) in [5.41, 5.74) is 2.56. The van der Waals surface area contributed by atoms with Crippen LogP contribution < -0.4 is 5.32 Å². The smallest absolute Gasteiger partial charge is 0.226 e. The Morgan fingerprint density at radius 1 is 1.24 bits per heavy atom. The number of hydrogen-bond donors (Lipinski definition) is 1. The third kappa shape index (κ3) is 3.24. The fourth-order valence-corrected chi connectivity index (χ4v) is 7.99. The SMILES string of the molecule is Cc1c(C(C)NC(=O)C23CC4CC(CC(Br)(C4)C2)C3)cnn1-c1ccc(F)cc1. The minimum atomic E-state index is -0.264. The summed E-state index contributed by atoms with van der Waals surface area (Å²) in [6, 6.07) is 6.19. The van der Waals surface area contributed by atoms with Gasteiger partial charge in [0.1, 0.15) is 5.82 Å². The van der Waals surface area contributed by atoms with Crippen molar-refractivity contribution in [2.45, 2.75) is 62.7 Å². The maximum absolute atomic E-state index is 13.4. The molecule has 4 aliphatic rings. The predicted molar refractivity (Wildman–Crippen MR) is 114 cm³/mol. The molecule has 1 aromatic heterocycles. The van der Waals surface area contributed by atoms with E-state index in [0.29, 0.717) is 11.8 Å². The molecule has 4 saturated carbocycles. The highest BCUT2D eigenvalue weighted by Gasteiger charge is 2.59. The Morgan fingerprint density at radius 2 is 1.90 bits per heavy atom. The molecule has 29 heavy (non-hydrogen) atoms. The van der Waals surface area contributed by atoms with Crippen molar-refractivity contribution in [1.82, 2.24) is 15.1 Å². The van der Waals surface area contributed by atoms with Crippen LogP contribution in [-0.4, -0.2) is 20.0 Å². The van der Waals surface area contributed by atoms with Crippen molar-refractivity contribution in [3.63, 3.8) is 0 Å². The highest BCUT2D eigenvalue weighted by Crippen LogP contribution is 2.64. The molecule has 0 radical (unpaired) electrons. The second kappa shape index (κ2) is 6.66. The molecule has 0 saturated heterocycles. The largest absolute Gasteiger partial charge is 0.349 e. The van der Waals surface area contributed by atoms with E-state index >= 15 is 0 Å². The molecule has 0 aliphatic heterocycles. The number of nitrogens with zero attached hydrogens (tertiary/aromatic N) is 2. The van der Waals surface area contributed by atoms with Gasteiger partial charge in [-0.25, -0.2) is 9.07 Å². The Bertz CT molecular complexity index is 940. The number of benzene rings is 1. The second-order valence-corrected chi connectivity index (χ2v) is 11.3. The van der Waals surface area contributed by atoms with Crippen molar-refractivity contribution in [3.8, 4) is 5.69 Å². The molecule has 6 rings (SSSR count). The van der Waals surface area contributed by atoms with Crippen LogP contribution in [0.4, 0.5) is 4.39 Å². The van der Waals surface area contributed by atoms with E-state index in [2.05, 4.69) is 26.3 Å². The Labute approximate surface area is 179 Å². The highest BCUT2D eigenvalue weighted by molar-refractivity contribution is 9.10. The number of alkyl halides is 1. The summed E-state index contributed by atoms with van der Waals surface area (Å²) in [5, 5.41) is 7.79. The average Bonchev–Trinajstić information content (AvgIpc) is 3.02. The van der Waals surface area contributed by atoms with Gasteiger partial charge < -0.3 is 5.32 Å². The van der Waals surface area contributed by atoms with E-state index in [9.17, 15) is 9.18 Å². The van der Waals surface area contributed by atoms with E-state index in [4.69, 9.17) is 0 Å².